The molecule has 0 bridgehead atoms. The van der Waals surface area contributed by atoms with Crippen molar-refractivity contribution in [1.29, 1.82) is 0 Å². The van der Waals surface area contributed by atoms with Gasteiger partial charge >= 0.3 is 0 Å². The number of morpholine rings is 1. The SMILES string of the molecule is COCCOc1ccc(NC(=O)C2COCCN2)cc1Cl. The van der Waals surface area contributed by atoms with Gasteiger partial charge in [-0.2, -0.15) is 0 Å². The Morgan fingerprint density at radius 3 is 3.05 bits per heavy atom. The van der Waals surface area contributed by atoms with E-state index in [0.717, 1.165) is 0 Å². The molecule has 1 aliphatic rings. The molecular weight excluding hydrogens is 296 g/mol. The summed E-state index contributed by atoms with van der Waals surface area (Å²) in [4.78, 5) is 12.0. The zero-order valence-electron chi connectivity index (χ0n) is 11.9. The molecule has 1 atom stereocenters. The monoisotopic (exact) mass is 314 g/mol. The van der Waals surface area contributed by atoms with E-state index in [1.165, 1.54) is 0 Å². The molecule has 7 heteroatoms. The molecule has 1 aromatic carbocycles. The van der Waals surface area contributed by atoms with Crippen LogP contribution in [0.25, 0.3) is 0 Å². The molecule has 2 rings (SSSR count). The maximum absolute atomic E-state index is 12.0. The third-order valence-electron chi connectivity index (χ3n) is 2.98. The van der Waals surface area contributed by atoms with E-state index in [4.69, 9.17) is 25.8 Å². The van der Waals surface area contributed by atoms with E-state index in [-0.39, 0.29) is 11.9 Å². The number of amides is 1. The first kappa shape index (κ1) is 16.0. The van der Waals surface area contributed by atoms with E-state index in [1.807, 2.05) is 0 Å². The van der Waals surface area contributed by atoms with E-state index < -0.39 is 0 Å². The number of benzene rings is 1. The Hall–Kier alpha value is -1.34. The number of carbonyl (C=O) groups is 1. The molecule has 1 aromatic rings. The van der Waals surface area contributed by atoms with Gasteiger partial charge in [-0.05, 0) is 18.2 Å². The lowest BCUT2D eigenvalue weighted by Gasteiger charge is -2.23. The molecule has 0 spiro atoms. The molecule has 1 heterocycles. The standard InChI is InChI=1S/C14H19ClN2O4/c1-19-6-7-21-13-3-2-10(8-11(13)15)17-14(18)12-9-20-5-4-16-12/h2-3,8,12,16H,4-7,9H2,1H3,(H,17,18). The van der Waals surface area contributed by atoms with Crippen molar-refractivity contribution in [2.75, 3.05) is 45.4 Å². The smallest absolute Gasteiger partial charge is 0.243 e. The quantitative estimate of drug-likeness (QED) is 0.775. The van der Waals surface area contributed by atoms with Crippen LogP contribution in [0.3, 0.4) is 0 Å². The second kappa shape index (κ2) is 8.19. The Bertz CT molecular complexity index is 478. The summed E-state index contributed by atoms with van der Waals surface area (Å²) >= 11 is 6.12. The van der Waals surface area contributed by atoms with Gasteiger partial charge in [0.15, 0.2) is 0 Å². The Morgan fingerprint density at radius 2 is 2.38 bits per heavy atom. The fourth-order valence-electron chi connectivity index (χ4n) is 1.89. The van der Waals surface area contributed by atoms with Crippen molar-refractivity contribution in [2.45, 2.75) is 6.04 Å². The highest BCUT2D eigenvalue weighted by molar-refractivity contribution is 6.32. The average molecular weight is 315 g/mol. The molecule has 0 radical (unpaired) electrons. The normalized spacial score (nSPS) is 18.3. The van der Waals surface area contributed by atoms with Crippen LogP contribution < -0.4 is 15.4 Å². The summed E-state index contributed by atoms with van der Waals surface area (Å²) in [5, 5.41) is 6.33. The summed E-state index contributed by atoms with van der Waals surface area (Å²) in [6.07, 6.45) is 0. The van der Waals surface area contributed by atoms with Crippen LogP contribution in [0.4, 0.5) is 5.69 Å². The van der Waals surface area contributed by atoms with Gasteiger partial charge in [0.1, 0.15) is 18.4 Å². The van der Waals surface area contributed by atoms with Gasteiger partial charge < -0.3 is 24.8 Å². The summed E-state index contributed by atoms with van der Waals surface area (Å²) in [5.41, 5.74) is 0.622. The topological polar surface area (TPSA) is 68.8 Å². The summed E-state index contributed by atoms with van der Waals surface area (Å²) in [6, 6.07) is 4.79. The molecule has 1 amide bonds. The number of carbonyl (C=O) groups excluding carboxylic acids is 1. The average Bonchev–Trinajstić information content (AvgIpc) is 2.50. The van der Waals surface area contributed by atoms with E-state index in [9.17, 15) is 4.79 Å². The number of rotatable bonds is 6. The molecule has 1 aliphatic heterocycles. The maximum Gasteiger partial charge on any atom is 0.243 e. The van der Waals surface area contributed by atoms with Crippen LogP contribution in [0, 0.1) is 0 Å². The number of hydrogen-bond donors (Lipinski definition) is 2. The number of halogens is 1. The largest absolute Gasteiger partial charge is 0.490 e. The number of methoxy groups -OCH3 is 1. The molecule has 2 N–H and O–H groups in total. The first-order valence-corrected chi connectivity index (χ1v) is 7.12. The first-order valence-electron chi connectivity index (χ1n) is 6.74. The van der Waals surface area contributed by atoms with Crippen LogP contribution in [0.1, 0.15) is 0 Å². The molecule has 116 valence electrons. The highest BCUT2D eigenvalue weighted by Crippen LogP contribution is 2.27. The summed E-state index contributed by atoms with van der Waals surface area (Å²) < 4.78 is 15.6. The van der Waals surface area contributed by atoms with Gasteiger partial charge in [0.05, 0.1) is 24.8 Å². The Balaban J connectivity index is 1.91. The maximum atomic E-state index is 12.0. The van der Waals surface area contributed by atoms with Gasteiger partial charge in [-0.3, -0.25) is 4.79 Å². The van der Waals surface area contributed by atoms with E-state index >= 15 is 0 Å². The van der Waals surface area contributed by atoms with Crippen LogP contribution in [0.2, 0.25) is 5.02 Å². The van der Waals surface area contributed by atoms with Crippen molar-refractivity contribution in [1.82, 2.24) is 5.32 Å². The zero-order chi connectivity index (χ0) is 15.1. The molecule has 1 unspecified atom stereocenters. The lowest BCUT2D eigenvalue weighted by molar-refractivity contribution is -0.120. The van der Waals surface area contributed by atoms with Gasteiger partial charge in [-0.1, -0.05) is 11.6 Å². The van der Waals surface area contributed by atoms with Crippen molar-refractivity contribution in [2.24, 2.45) is 0 Å². The number of hydrogen-bond acceptors (Lipinski definition) is 5. The minimum absolute atomic E-state index is 0.140. The molecule has 0 saturated carbocycles. The summed E-state index contributed by atoms with van der Waals surface area (Å²) in [5.74, 6) is 0.421. The van der Waals surface area contributed by atoms with Crippen LogP contribution in [-0.2, 0) is 14.3 Å². The molecular formula is C14H19ClN2O4. The van der Waals surface area contributed by atoms with Crippen molar-refractivity contribution in [3.63, 3.8) is 0 Å². The van der Waals surface area contributed by atoms with Crippen LogP contribution >= 0.6 is 11.6 Å². The van der Waals surface area contributed by atoms with Crippen molar-refractivity contribution in [3.8, 4) is 5.75 Å². The molecule has 6 nitrogen and oxygen atoms in total. The lowest BCUT2D eigenvalue weighted by atomic mass is 10.2. The van der Waals surface area contributed by atoms with E-state index in [1.54, 1.807) is 25.3 Å². The second-order valence-corrected chi connectivity index (χ2v) is 4.96. The van der Waals surface area contributed by atoms with Crippen molar-refractivity contribution >= 4 is 23.2 Å². The van der Waals surface area contributed by atoms with Gasteiger partial charge in [0, 0.05) is 19.3 Å². The molecule has 1 fully saturated rings. The number of nitrogens with one attached hydrogen (secondary N) is 2. The highest BCUT2D eigenvalue weighted by Gasteiger charge is 2.21. The molecule has 0 aromatic heterocycles. The summed E-state index contributed by atoms with van der Waals surface area (Å²) in [7, 11) is 1.60. The fraction of sp³-hybridized carbons (Fsp3) is 0.500. The first-order chi connectivity index (χ1) is 10.2. The van der Waals surface area contributed by atoms with Crippen LogP contribution in [0.15, 0.2) is 18.2 Å². The zero-order valence-corrected chi connectivity index (χ0v) is 12.6. The molecule has 21 heavy (non-hydrogen) atoms. The Morgan fingerprint density at radius 1 is 1.52 bits per heavy atom. The predicted octanol–water partition coefficient (Wildman–Crippen LogP) is 1.29. The van der Waals surface area contributed by atoms with Gasteiger partial charge in [-0.15, -0.1) is 0 Å². The van der Waals surface area contributed by atoms with Crippen molar-refractivity contribution < 1.29 is 19.0 Å². The summed E-state index contributed by atoms with van der Waals surface area (Å²) in [6.45, 7) is 2.58. The van der Waals surface area contributed by atoms with Gasteiger partial charge in [0.2, 0.25) is 5.91 Å². The van der Waals surface area contributed by atoms with E-state index in [2.05, 4.69) is 10.6 Å². The Kier molecular flexibility index (Phi) is 6.25. The predicted molar refractivity (Wildman–Crippen MR) is 80.1 cm³/mol. The fourth-order valence-corrected chi connectivity index (χ4v) is 2.13. The number of ether oxygens (including phenoxy) is 3. The van der Waals surface area contributed by atoms with Crippen LogP contribution in [-0.4, -0.2) is 52.0 Å². The minimum Gasteiger partial charge on any atom is -0.490 e. The lowest BCUT2D eigenvalue weighted by Crippen LogP contribution is -2.48. The van der Waals surface area contributed by atoms with Crippen molar-refractivity contribution in [3.05, 3.63) is 23.2 Å². The number of anilines is 1. The van der Waals surface area contributed by atoms with E-state index in [0.29, 0.717) is 49.4 Å². The van der Waals surface area contributed by atoms with Gasteiger partial charge in [0.25, 0.3) is 0 Å². The van der Waals surface area contributed by atoms with Crippen LogP contribution in [0.5, 0.6) is 5.75 Å². The Labute approximate surface area is 128 Å². The molecule has 1 saturated heterocycles. The second-order valence-electron chi connectivity index (χ2n) is 4.56. The third kappa shape index (κ3) is 4.86. The third-order valence-corrected chi connectivity index (χ3v) is 3.28. The minimum atomic E-state index is -0.338. The van der Waals surface area contributed by atoms with Gasteiger partial charge in [-0.25, -0.2) is 0 Å². The molecule has 0 aliphatic carbocycles. The highest BCUT2D eigenvalue weighted by atomic mass is 35.5.